The first-order valence-corrected chi connectivity index (χ1v) is 8.16. The van der Waals surface area contributed by atoms with Crippen LogP contribution in [0.25, 0.3) is 11.1 Å². The van der Waals surface area contributed by atoms with Crippen LogP contribution in [0.15, 0.2) is 34.9 Å². The van der Waals surface area contributed by atoms with Gasteiger partial charge in [-0.3, -0.25) is 4.79 Å². The zero-order chi connectivity index (χ0) is 15.6. The van der Waals surface area contributed by atoms with Crippen LogP contribution in [0.5, 0.6) is 0 Å². The topological polar surface area (TPSA) is 22.0 Å². The zero-order valence-electron chi connectivity index (χ0n) is 13.1. The molecule has 0 saturated heterocycles. The maximum Gasteiger partial charge on any atom is 0.162 e. The Labute approximate surface area is 135 Å². The molecular formula is C18H22BrNO. The molecule has 2 rings (SSSR count). The third-order valence-electron chi connectivity index (χ3n) is 3.80. The number of carbonyl (C=O) groups excluding carboxylic acids is 1. The number of hydrogen-bond donors (Lipinski definition) is 0. The van der Waals surface area contributed by atoms with Crippen molar-refractivity contribution in [2.75, 3.05) is 0 Å². The number of halogens is 1. The summed E-state index contributed by atoms with van der Waals surface area (Å²) in [5.74, 6) is 0.789. The van der Waals surface area contributed by atoms with Gasteiger partial charge in [-0.25, -0.2) is 0 Å². The summed E-state index contributed by atoms with van der Waals surface area (Å²) < 4.78 is 3.26. The van der Waals surface area contributed by atoms with Crippen LogP contribution in [0.3, 0.4) is 0 Å². The smallest absolute Gasteiger partial charge is 0.162 e. The first kappa shape index (κ1) is 16.0. The number of hydrogen-bond acceptors (Lipinski definition) is 1. The number of nitrogens with zero attached hydrogens (tertiary/aromatic N) is 1. The number of rotatable bonds is 5. The van der Waals surface area contributed by atoms with Crippen LogP contribution < -0.4 is 0 Å². The highest BCUT2D eigenvalue weighted by molar-refractivity contribution is 9.10. The number of aromatic nitrogens is 1. The van der Waals surface area contributed by atoms with Gasteiger partial charge in [-0.05, 0) is 43.9 Å². The van der Waals surface area contributed by atoms with Gasteiger partial charge in [0, 0.05) is 34.0 Å². The molecule has 0 spiro atoms. The Kier molecular flexibility index (Phi) is 5.04. The van der Waals surface area contributed by atoms with Gasteiger partial charge in [0.05, 0.1) is 0 Å². The lowest BCUT2D eigenvalue weighted by Crippen LogP contribution is -2.04. The molecule has 21 heavy (non-hydrogen) atoms. The van der Waals surface area contributed by atoms with E-state index in [-0.39, 0.29) is 5.78 Å². The van der Waals surface area contributed by atoms with E-state index in [2.05, 4.69) is 52.7 Å². The lowest BCUT2D eigenvalue weighted by molar-refractivity contribution is 0.101. The van der Waals surface area contributed by atoms with Gasteiger partial charge >= 0.3 is 0 Å². The minimum Gasteiger partial charge on any atom is -0.350 e. The van der Waals surface area contributed by atoms with Crippen molar-refractivity contribution in [2.45, 2.75) is 40.7 Å². The second-order valence-electron chi connectivity index (χ2n) is 5.94. The van der Waals surface area contributed by atoms with E-state index in [4.69, 9.17) is 0 Å². The molecule has 112 valence electrons. The third-order valence-corrected chi connectivity index (χ3v) is 4.33. The van der Waals surface area contributed by atoms with E-state index >= 15 is 0 Å². The van der Waals surface area contributed by atoms with E-state index in [1.54, 1.807) is 6.92 Å². The summed E-state index contributed by atoms with van der Waals surface area (Å²) in [4.78, 5) is 12.1. The molecule has 0 fully saturated rings. The van der Waals surface area contributed by atoms with Crippen LogP contribution in [0.2, 0.25) is 0 Å². The van der Waals surface area contributed by atoms with Gasteiger partial charge < -0.3 is 4.57 Å². The first-order valence-electron chi connectivity index (χ1n) is 7.36. The Balaban J connectivity index is 2.46. The Morgan fingerprint density at radius 2 is 1.86 bits per heavy atom. The van der Waals surface area contributed by atoms with Gasteiger partial charge in [0.2, 0.25) is 0 Å². The molecule has 0 N–H and O–H groups in total. The van der Waals surface area contributed by atoms with Gasteiger partial charge in [-0.2, -0.15) is 0 Å². The second-order valence-corrected chi connectivity index (χ2v) is 6.86. The number of carbonyl (C=O) groups is 1. The summed E-state index contributed by atoms with van der Waals surface area (Å²) in [6, 6.07) is 8.14. The summed E-state index contributed by atoms with van der Waals surface area (Å²) in [6.45, 7) is 9.10. The highest BCUT2D eigenvalue weighted by Gasteiger charge is 2.17. The van der Waals surface area contributed by atoms with Crippen molar-refractivity contribution >= 4 is 21.7 Å². The summed E-state index contributed by atoms with van der Waals surface area (Å²) in [5.41, 5.74) is 4.05. The molecule has 0 aliphatic carbocycles. The molecule has 1 heterocycles. The molecule has 0 radical (unpaired) electrons. The summed E-state index contributed by atoms with van der Waals surface area (Å²) in [5, 5.41) is 0. The maximum atomic E-state index is 12.1. The third kappa shape index (κ3) is 3.65. The Morgan fingerprint density at radius 1 is 1.24 bits per heavy atom. The van der Waals surface area contributed by atoms with Crippen molar-refractivity contribution in [3.8, 4) is 11.1 Å². The van der Waals surface area contributed by atoms with Gasteiger partial charge in [0.1, 0.15) is 0 Å². The highest BCUT2D eigenvalue weighted by atomic mass is 79.9. The van der Waals surface area contributed by atoms with Crippen LogP contribution >= 0.6 is 15.9 Å². The minimum atomic E-state index is 0.133. The largest absolute Gasteiger partial charge is 0.350 e. The van der Waals surface area contributed by atoms with E-state index < -0.39 is 0 Å². The summed E-state index contributed by atoms with van der Waals surface area (Å²) >= 11 is 3.45. The quantitative estimate of drug-likeness (QED) is 0.656. The minimum absolute atomic E-state index is 0.133. The number of Topliss-reactive ketones (excluding diaryl/α,β-unsaturated/α-hetero) is 1. The molecule has 0 saturated carbocycles. The fourth-order valence-corrected chi connectivity index (χ4v) is 2.84. The van der Waals surface area contributed by atoms with E-state index in [0.29, 0.717) is 5.92 Å². The van der Waals surface area contributed by atoms with Crippen LogP contribution in [0, 0.1) is 12.8 Å². The number of benzene rings is 1. The zero-order valence-corrected chi connectivity index (χ0v) is 14.7. The average Bonchev–Trinajstić information content (AvgIpc) is 2.74. The van der Waals surface area contributed by atoms with Gasteiger partial charge in [0.15, 0.2) is 5.78 Å². The van der Waals surface area contributed by atoms with Crippen LogP contribution in [0.1, 0.15) is 43.2 Å². The predicted molar refractivity (Wildman–Crippen MR) is 91.8 cm³/mol. The fraction of sp³-hybridized carbons (Fsp3) is 0.389. The van der Waals surface area contributed by atoms with Crippen LogP contribution in [-0.2, 0) is 6.54 Å². The normalized spacial score (nSPS) is 11.1. The molecule has 0 unspecified atom stereocenters. The molecular weight excluding hydrogens is 326 g/mol. The van der Waals surface area contributed by atoms with Crippen LogP contribution in [0.4, 0.5) is 0 Å². The summed E-state index contributed by atoms with van der Waals surface area (Å²) in [6.07, 6.45) is 3.24. The summed E-state index contributed by atoms with van der Waals surface area (Å²) in [7, 11) is 0. The molecule has 0 aliphatic rings. The molecule has 2 nitrogen and oxygen atoms in total. The van der Waals surface area contributed by atoms with E-state index in [0.717, 1.165) is 39.8 Å². The highest BCUT2D eigenvalue weighted by Crippen LogP contribution is 2.30. The molecule has 1 aromatic heterocycles. The van der Waals surface area contributed by atoms with Gasteiger partial charge in [-0.1, -0.05) is 41.9 Å². The number of aryl methyl sites for hydroxylation is 1. The molecule has 0 aliphatic heterocycles. The van der Waals surface area contributed by atoms with Gasteiger partial charge in [0.25, 0.3) is 0 Å². The van der Waals surface area contributed by atoms with Crippen molar-refractivity contribution in [1.82, 2.24) is 4.57 Å². The molecule has 3 heteroatoms. The Bertz CT molecular complexity index is 638. The molecule has 0 amide bonds. The first-order chi connectivity index (χ1) is 9.90. The van der Waals surface area contributed by atoms with E-state index in [1.165, 1.54) is 0 Å². The predicted octanol–water partition coefficient (Wildman–Crippen LogP) is 5.47. The Morgan fingerprint density at radius 3 is 2.38 bits per heavy atom. The van der Waals surface area contributed by atoms with Crippen LogP contribution in [-0.4, -0.2) is 10.4 Å². The lowest BCUT2D eigenvalue weighted by atomic mass is 10.0. The van der Waals surface area contributed by atoms with E-state index in [1.807, 2.05) is 19.1 Å². The molecule has 0 atom stereocenters. The standard InChI is InChI=1S/C18H22BrNO/c1-12(2)9-10-20-11-17(18(13(20)3)14(4)21)15-5-7-16(19)8-6-15/h5-8,11-12H,9-10H2,1-4H3. The Hall–Kier alpha value is -1.35. The van der Waals surface area contributed by atoms with Crippen molar-refractivity contribution < 1.29 is 4.79 Å². The second kappa shape index (κ2) is 6.61. The van der Waals surface area contributed by atoms with Gasteiger partial charge in [-0.15, -0.1) is 0 Å². The monoisotopic (exact) mass is 347 g/mol. The van der Waals surface area contributed by atoms with Crippen molar-refractivity contribution in [3.05, 3.63) is 46.2 Å². The van der Waals surface area contributed by atoms with E-state index in [9.17, 15) is 4.79 Å². The SMILES string of the molecule is CC(=O)c1c(-c2ccc(Br)cc2)cn(CCC(C)C)c1C. The van der Waals surface area contributed by atoms with Crippen molar-refractivity contribution in [2.24, 2.45) is 5.92 Å². The van der Waals surface area contributed by atoms with Crippen molar-refractivity contribution in [1.29, 1.82) is 0 Å². The maximum absolute atomic E-state index is 12.1. The average molecular weight is 348 g/mol. The lowest BCUT2D eigenvalue weighted by Gasteiger charge is -2.08. The molecule has 2 aromatic rings. The molecule has 0 bridgehead atoms. The van der Waals surface area contributed by atoms with Crippen molar-refractivity contribution in [3.63, 3.8) is 0 Å². The number of ketones is 1. The fourth-order valence-electron chi connectivity index (χ4n) is 2.58. The molecule has 1 aromatic carbocycles.